The Morgan fingerprint density at radius 3 is 2.38 bits per heavy atom. The Labute approximate surface area is 192 Å². The van der Waals surface area contributed by atoms with Gasteiger partial charge in [-0.15, -0.1) is 24.0 Å². The van der Waals surface area contributed by atoms with Crippen molar-refractivity contribution in [2.45, 2.75) is 32.9 Å². The first-order valence-electron chi connectivity index (χ1n) is 10.0. The summed E-state index contributed by atoms with van der Waals surface area (Å²) in [5, 5.41) is 6.41. The van der Waals surface area contributed by atoms with Crippen molar-refractivity contribution < 1.29 is 13.2 Å². The standard InChI is InChI=1S/C20H34N4O3S.HI/c1-3-21-20(22-10-13-27-14-15-28(2,25)26)23-16-18-6-8-19(9-7-18)17-24-11-4-5-12-24;/h6-9H,3-5,10-17H2,1-2H3,(H2,21,22,23);1H. The maximum atomic E-state index is 11.1. The van der Waals surface area contributed by atoms with Gasteiger partial charge >= 0.3 is 0 Å². The highest BCUT2D eigenvalue weighted by atomic mass is 127. The van der Waals surface area contributed by atoms with Gasteiger partial charge in [-0.3, -0.25) is 4.90 Å². The predicted molar refractivity (Wildman–Crippen MR) is 130 cm³/mol. The molecule has 2 N–H and O–H groups in total. The van der Waals surface area contributed by atoms with Crippen LogP contribution in [-0.4, -0.2) is 70.7 Å². The first-order valence-corrected chi connectivity index (χ1v) is 12.1. The molecule has 7 nitrogen and oxygen atoms in total. The number of hydrogen-bond acceptors (Lipinski definition) is 5. The summed E-state index contributed by atoms with van der Waals surface area (Å²) in [6.45, 7) is 8.08. The van der Waals surface area contributed by atoms with E-state index < -0.39 is 9.84 Å². The van der Waals surface area contributed by atoms with Crippen LogP contribution in [0.2, 0.25) is 0 Å². The highest BCUT2D eigenvalue weighted by Gasteiger charge is 2.11. The fraction of sp³-hybridized carbons (Fsp3) is 0.650. The molecule has 166 valence electrons. The van der Waals surface area contributed by atoms with Crippen LogP contribution in [0.25, 0.3) is 0 Å². The SMILES string of the molecule is CCNC(=NCc1ccc(CN2CCCC2)cc1)NCCOCCS(C)(=O)=O.I. The molecule has 1 aromatic rings. The summed E-state index contributed by atoms with van der Waals surface area (Å²) in [5.74, 6) is 0.782. The van der Waals surface area contributed by atoms with Crippen LogP contribution in [0.3, 0.4) is 0 Å². The van der Waals surface area contributed by atoms with Crippen molar-refractivity contribution in [1.29, 1.82) is 0 Å². The first-order chi connectivity index (χ1) is 13.5. The fourth-order valence-corrected chi connectivity index (χ4v) is 3.44. The number of nitrogens with zero attached hydrogens (tertiary/aromatic N) is 2. The molecule has 0 aromatic heterocycles. The number of rotatable bonds is 11. The topological polar surface area (TPSA) is 83.0 Å². The zero-order valence-corrected chi connectivity index (χ0v) is 20.7. The number of nitrogens with one attached hydrogen (secondary N) is 2. The minimum Gasteiger partial charge on any atom is -0.379 e. The van der Waals surface area contributed by atoms with Gasteiger partial charge in [0.05, 0.1) is 25.5 Å². The van der Waals surface area contributed by atoms with E-state index in [0.717, 1.165) is 19.0 Å². The second kappa shape index (κ2) is 14.2. The maximum absolute atomic E-state index is 11.1. The van der Waals surface area contributed by atoms with E-state index in [1.807, 2.05) is 6.92 Å². The van der Waals surface area contributed by atoms with Gasteiger partial charge in [0.15, 0.2) is 5.96 Å². The smallest absolute Gasteiger partial charge is 0.191 e. The zero-order chi connectivity index (χ0) is 20.2. The molecule has 1 fully saturated rings. The lowest BCUT2D eigenvalue weighted by molar-refractivity contribution is 0.154. The molecule has 0 saturated carbocycles. The summed E-state index contributed by atoms with van der Waals surface area (Å²) < 4.78 is 27.5. The van der Waals surface area contributed by atoms with Crippen LogP contribution >= 0.6 is 24.0 Å². The molecular weight excluding hydrogens is 503 g/mol. The van der Waals surface area contributed by atoms with E-state index in [9.17, 15) is 8.42 Å². The minimum absolute atomic E-state index is 0. The Bertz CT molecular complexity index is 705. The van der Waals surface area contributed by atoms with Gasteiger partial charge in [-0.25, -0.2) is 13.4 Å². The molecule has 1 aliphatic rings. The van der Waals surface area contributed by atoms with Gasteiger partial charge in [0.2, 0.25) is 0 Å². The van der Waals surface area contributed by atoms with Crippen molar-refractivity contribution >= 4 is 39.8 Å². The molecule has 0 radical (unpaired) electrons. The van der Waals surface area contributed by atoms with E-state index in [4.69, 9.17) is 4.74 Å². The molecule has 0 spiro atoms. The van der Waals surface area contributed by atoms with Crippen molar-refractivity contribution in [3.05, 3.63) is 35.4 Å². The number of halogens is 1. The molecule has 0 bridgehead atoms. The number of guanidine groups is 1. The lowest BCUT2D eigenvalue weighted by Crippen LogP contribution is -2.39. The minimum atomic E-state index is -2.97. The fourth-order valence-electron chi connectivity index (χ4n) is 3.02. The van der Waals surface area contributed by atoms with Crippen molar-refractivity contribution in [3.8, 4) is 0 Å². The molecule has 29 heavy (non-hydrogen) atoms. The van der Waals surface area contributed by atoms with Gasteiger partial charge in [-0.1, -0.05) is 24.3 Å². The Hall–Kier alpha value is -0.910. The third-order valence-corrected chi connectivity index (χ3v) is 5.44. The van der Waals surface area contributed by atoms with Crippen molar-refractivity contribution in [3.63, 3.8) is 0 Å². The van der Waals surface area contributed by atoms with Crippen molar-refractivity contribution in [1.82, 2.24) is 15.5 Å². The summed E-state index contributed by atoms with van der Waals surface area (Å²) in [5.41, 5.74) is 2.53. The van der Waals surface area contributed by atoms with E-state index in [1.54, 1.807) is 0 Å². The number of ether oxygens (including phenoxy) is 1. The number of likely N-dealkylation sites (tertiary alicyclic amines) is 1. The van der Waals surface area contributed by atoms with E-state index >= 15 is 0 Å². The summed E-state index contributed by atoms with van der Waals surface area (Å²) in [6.07, 6.45) is 3.84. The molecule has 1 saturated heterocycles. The number of hydrogen-bond donors (Lipinski definition) is 2. The average molecular weight is 538 g/mol. The number of sulfone groups is 1. The molecule has 0 amide bonds. The highest BCUT2D eigenvalue weighted by molar-refractivity contribution is 14.0. The van der Waals surface area contributed by atoms with E-state index in [0.29, 0.717) is 19.7 Å². The molecule has 0 aliphatic carbocycles. The van der Waals surface area contributed by atoms with Crippen LogP contribution in [0.5, 0.6) is 0 Å². The van der Waals surface area contributed by atoms with Gasteiger partial charge in [-0.2, -0.15) is 0 Å². The third kappa shape index (κ3) is 11.8. The van der Waals surface area contributed by atoms with Crippen LogP contribution < -0.4 is 10.6 Å². The second-order valence-electron chi connectivity index (χ2n) is 7.16. The van der Waals surface area contributed by atoms with Gasteiger partial charge < -0.3 is 15.4 Å². The van der Waals surface area contributed by atoms with Gasteiger partial charge in [-0.05, 0) is 44.0 Å². The summed E-state index contributed by atoms with van der Waals surface area (Å²) >= 11 is 0. The molecule has 0 atom stereocenters. The van der Waals surface area contributed by atoms with E-state index in [-0.39, 0.29) is 36.3 Å². The summed E-state index contributed by atoms with van der Waals surface area (Å²) in [6, 6.07) is 8.68. The Morgan fingerprint density at radius 1 is 1.10 bits per heavy atom. The first kappa shape index (κ1) is 26.1. The number of benzene rings is 1. The Morgan fingerprint density at radius 2 is 1.76 bits per heavy atom. The summed E-state index contributed by atoms with van der Waals surface area (Å²) in [4.78, 5) is 7.10. The normalized spacial score (nSPS) is 15.2. The van der Waals surface area contributed by atoms with Crippen LogP contribution in [0.15, 0.2) is 29.3 Å². The lowest BCUT2D eigenvalue weighted by Gasteiger charge is -2.14. The predicted octanol–water partition coefficient (Wildman–Crippen LogP) is 2.02. The monoisotopic (exact) mass is 538 g/mol. The number of aliphatic imine (C=N–C) groups is 1. The van der Waals surface area contributed by atoms with Crippen molar-refractivity contribution in [2.75, 3.05) is 51.4 Å². The zero-order valence-electron chi connectivity index (χ0n) is 17.5. The van der Waals surface area contributed by atoms with Crippen LogP contribution in [0.1, 0.15) is 30.9 Å². The molecule has 0 unspecified atom stereocenters. The summed E-state index contributed by atoms with van der Waals surface area (Å²) in [7, 11) is -2.97. The van der Waals surface area contributed by atoms with Gasteiger partial charge in [0.25, 0.3) is 0 Å². The van der Waals surface area contributed by atoms with Gasteiger partial charge in [0, 0.05) is 25.9 Å². The van der Waals surface area contributed by atoms with Crippen LogP contribution in [-0.2, 0) is 27.7 Å². The molecule has 2 rings (SSSR count). The maximum Gasteiger partial charge on any atom is 0.191 e. The molecule has 9 heteroatoms. The highest BCUT2D eigenvalue weighted by Crippen LogP contribution is 2.13. The van der Waals surface area contributed by atoms with Gasteiger partial charge in [0.1, 0.15) is 9.84 Å². The van der Waals surface area contributed by atoms with E-state index in [2.05, 4.69) is 44.8 Å². The van der Waals surface area contributed by atoms with Crippen molar-refractivity contribution in [2.24, 2.45) is 4.99 Å². The molecule has 1 heterocycles. The lowest BCUT2D eigenvalue weighted by atomic mass is 10.1. The van der Waals surface area contributed by atoms with Crippen LogP contribution in [0, 0.1) is 0 Å². The molecular formula is C20H35IN4O3S. The average Bonchev–Trinajstić information content (AvgIpc) is 3.16. The third-order valence-electron chi connectivity index (χ3n) is 4.53. The van der Waals surface area contributed by atoms with E-state index in [1.165, 1.54) is 43.3 Å². The molecule has 1 aromatic carbocycles. The largest absolute Gasteiger partial charge is 0.379 e. The Balaban J connectivity index is 0.00000420. The second-order valence-corrected chi connectivity index (χ2v) is 9.42. The quantitative estimate of drug-likeness (QED) is 0.194. The Kier molecular flexibility index (Phi) is 12.8. The van der Waals surface area contributed by atoms with Crippen LogP contribution in [0.4, 0.5) is 0 Å². The molecule has 1 aliphatic heterocycles.